The van der Waals surface area contributed by atoms with Crippen LogP contribution in [0.3, 0.4) is 0 Å². The highest BCUT2D eigenvalue weighted by Crippen LogP contribution is 2.44. The van der Waals surface area contributed by atoms with Crippen molar-refractivity contribution in [2.24, 2.45) is 0 Å². The van der Waals surface area contributed by atoms with Gasteiger partial charge in [-0.25, -0.2) is 13.4 Å². The van der Waals surface area contributed by atoms with Crippen LogP contribution in [0.5, 0.6) is 5.75 Å². The molecule has 0 spiro atoms. The normalized spacial score (nSPS) is 11.6. The van der Waals surface area contributed by atoms with Crippen LogP contribution in [-0.4, -0.2) is 20.5 Å². The number of methoxy groups -OCH3 is 1. The second kappa shape index (κ2) is 7.79. The van der Waals surface area contributed by atoms with Gasteiger partial charge in [0.1, 0.15) is 10.6 Å². The fourth-order valence-electron chi connectivity index (χ4n) is 3.22. The van der Waals surface area contributed by atoms with Crippen molar-refractivity contribution < 1.29 is 13.2 Å². The number of fused-ring (bicyclic) bond motifs is 1. The van der Waals surface area contributed by atoms with Gasteiger partial charge in [-0.05, 0) is 48.9 Å². The van der Waals surface area contributed by atoms with Crippen LogP contribution in [0.25, 0.3) is 21.3 Å². The van der Waals surface area contributed by atoms with Gasteiger partial charge in [0.2, 0.25) is 0 Å². The number of nitrogens with zero attached hydrogens (tertiary/aromatic N) is 1. The number of nitrogen functional groups attached to an aromatic ring is 1. The zero-order valence-electron chi connectivity index (χ0n) is 16.1. The molecule has 0 radical (unpaired) electrons. The molecule has 0 saturated heterocycles. The Morgan fingerprint density at radius 2 is 1.90 bits per heavy atom. The molecule has 2 aromatic heterocycles. The van der Waals surface area contributed by atoms with Crippen LogP contribution in [0.15, 0.2) is 59.5 Å². The van der Waals surface area contributed by atoms with Crippen LogP contribution < -0.4 is 15.2 Å². The molecular formula is C21H18ClN3O3S2. The van der Waals surface area contributed by atoms with Gasteiger partial charge in [-0.3, -0.25) is 4.72 Å². The number of nitrogens with one attached hydrogen (secondary N) is 1. The summed E-state index contributed by atoms with van der Waals surface area (Å²) in [5, 5.41) is 1.52. The van der Waals surface area contributed by atoms with E-state index in [-0.39, 0.29) is 4.90 Å². The summed E-state index contributed by atoms with van der Waals surface area (Å²) in [5.41, 5.74) is 8.94. The predicted octanol–water partition coefficient (Wildman–Crippen LogP) is 5.32. The lowest BCUT2D eigenvalue weighted by molar-refractivity contribution is 0.415. The summed E-state index contributed by atoms with van der Waals surface area (Å²) in [6, 6.07) is 15.2. The number of hydrogen-bond acceptors (Lipinski definition) is 6. The molecular weight excluding hydrogens is 442 g/mol. The zero-order valence-corrected chi connectivity index (χ0v) is 18.5. The van der Waals surface area contributed by atoms with E-state index in [0.29, 0.717) is 42.9 Å². The standard InChI is InChI=1S/C21H18ClN3O3S2/c1-12-9-17(25-30(26,27)16-8-4-6-14(22)11-16)19-18(20(23)29-21(19)24-12)13-5-3-7-15(10-13)28-2/h3-11H,23H2,1-2H3,(H,24,25). The van der Waals surface area contributed by atoms with E-state index < -0.39 is 10.0 Å². The highest BCUT2D eigenvalue weighted by Gasteiger charge is 2.22. The molecule has 0 fully saturated rings. The van der Waals surface area contributed by atoms with Crippen molar-refractivity contribution in [1.29, 1.82) is 0 Å². The molecule has 0 aliphatic heterocycles. The minimum absolute atomic E-state index is 0.0729. The smallest absolute Gasteiger partial charge is 0.261 e. The van der Waals surface area contributed by atoms with Gasteiger partial charge in [0.25, 0.3) is 10.0 Å². The third-order valence-electron chi connectivity index (χ3n) is 4.53. The number of sulfonamides is 1. The second-order valence-electron chi connectivity index (χ2n) is 6.63. The summed E-state index contributed by atoms with van der Waals surface area (Å²) in [7, 11) is -2.28. The summed E-state index contributed by atoms with van der Waals surface area (Å²) < 4.78 is 34.1. The molecule has 4 aromatic rings. The van der Waals surface area contributed by atoms with Gasteiger partial charge in [-0.15, -0.1) is 0 Å². The van der Waals surface area contributed by atoms with E-state index in [9.17, 15) is 8.42 Å². The lowest BCUT2D eigenvalue weighted by Crippen LogP contribution is -2.13. The average molecular weight is 460 g/mol. The minimum atomic E-state index is -3.87. The van der Waals surface area contributed by atoms with Crippen LogP contribution in [0, 0.1) is 6.92 Å². The van der Waals surface area contributed by atoms with Gasteiger partial charge in [-0.2, -0.15) is 0 Å². The average Bonchev–Trinajstić information content (AvgIpc) is 3.03. The molecule has 0 bridgehead atoms. The Morgan fingerprint density at radius 1 is 1.13 bits per heavy atom. The highest BCUT2D eigenvalue weighted by molar-refractivity contribution is 7.92. The number of nitrogens with two attached hydrogens (primary N) is 1. The summed E-state index contributed by atoms with van der Waals surface area (Å²) in [6.07, 6.45) is 0. The summed E-state index contributed by atoms with van der Waals surface area (Å²) >= 11 is 7.29. The van der Waals surface area contributed by atoms with E-state index in [2.05, 4.69) is 9.71 Å². The zero-order chi connectivity index (χ0) is 21.5. The van der Waals surface area contributed by atoms with Gasteiger partial charge in [-0.1, -0.05) is 41.1 Å². The van der Waals surface area contributed by atoms with E-state index >= 15 is 0 Å². The Morgan fingerprint density at radius 3 is 2.63 bits per heavy atom. The Hall–Kier alpha value is -2.81. The number of halogens is 1. The molecule has 3 N–H and O–H groups in total. The third-order valence-corrected chi connectivity index (χ3v) is 7.04. The molecule has 0 aliphatic carbocycles. The molecule has 0 saturated carbocycles. The van der Waals surface area contributed by atoms with Crippen LogP contribution in [-0.2, 0) is 10.0 Å². The van der Waals surface area contributed by atoms with Crippen LogP contribution in [0.1, 0.15) is 5.69 Å². The largest absolute Gasteiger partial charge is 0.497 e. The fourth-order valence-corrected chi connectivity index (χ4v) is 5.62. The molecule has 4 rings (SSSR count). The van der Waals surface area contributed by atoms with Gasteiger partial charge in [0.05, 0.1) is 22.7 Å². The minimum Gasteiger partial charge on any atom is -0.497 e. The maximum absolute atomic E-state index is 13.0. The number of benzene rings is 2. The predicted molar refractivity (Wildman–Crippen MR) is 123 cm³/mol. The first-order valence-corrected chi connectivity index (χ1v) is 11.6. The number of ether oxygens (including phenoxy) is 1. The Bertz CT molecular complexity index is 1370. The maximum atomic E-state index is 13.0. The lowest BCUT2D eigenvalue weighted by Gasteiger charge is -2.12. The number of pyridine rings is 1. The maximum Gasteiger partial charge on any atom is 0.261 e. The number of aromatic nitrogens is 1. The molecule has 0 unspecified atom stereocenters. The molecule has 0 aliphatic rings. The number of aryl methyl sites for hydroxylation is 1. The van der Waals surface area contributed by atoms with Crippen molar-refractivity contribution in [2.45, 2.75) is 11.8 Å². The van der Waals surface area contributed by atoms with Crippen molar-refractivity contribution in [3.05, 3.63) is 65.3 Å². The molecule has 2 aromatic carbocycles. The van der Waals surface area contributed by atoms with E-state index in [1.807, 2.05) is 24.3 Å². The molecule has 30 heavy (non-hydrogen) atoms. The van der Waals surface area contributed by atoms with Gasteiger partial charge >= 0.3 is 0 Å². The van der Waals surface area contributed by atoms with Crippen LogP contribution >= 0.6 is 22.9 Å². The Labute approximate surface area is 183 Å². The molecule has 2 heterocycles. The summed E-state index contributed by atoms with van der Waals surface area (Å²) in [5.74, 6) is 0.673. The Kier molecular flexibility index (Phi) is 5.31. The van der Waals surface area contributed by atoms with E-state index in [0.717, 1.165) is 5.56 Å². The summed E-state index contributed by atoms with van der Waals surface area (Å²) in [6.45, 7) is 1.80. The number of hydrogen-bond donors (Lipinski definition) is 2. The molecule has 0 atom stereocenters. The lowest BCUT2D eigenvalue weighted by atomic mass is 10.0. The number of thiophene rings is 1. The van der Waals surface area contributed by atoms with Gasteiger partial charge in [0.15, 0.2) is 0 Å². The van der Waals surface area contributed by atoms with Crippen LogP contribution in [0.4, 0.5) is 10.7 Å². The van der Waals surface area contributed by atoms with Crippen LogP contribution in [0.2, 0.25) is 5.02 Å². The van der Waals surface area contributed by atoms with Crippen molar-refractivity contribution in [2.75, 3.05) is 17.6 Å². The first-order chi connectivity index (χ1) is 14.3. The van der Waals surface area contributed by atoms with E-state index in [1.165, 1.54) is 23.5 Å². The highest BCUT2D eigenvalue weighted by atomic mass is 35.5. The molecule has 0 amide bonds. The first-order valence-electron chi connectivity index (χ1n) is 8.91. The molecule has 9 heteroatoms. The quantitative estimate of drug-likeness (QED) is 0.421. The van der Waals surface area contributed by atoms with Crippen molar-refractivity contribution in [3.63, 3.8) is 0 Å². The van der Waals surface area contributed by atoms with Gasteiger partial charge < -0.3 is 10.5 Å². The first kappa shape index (κ1) is 20.5. The second-order valence-corrected chi connectivity index (χ2v) is 9.78. The molecule has 6 nitrogen and oxygen atoms in total. The third kappa shape index (κ3) is 3.81. The van der Waals surface area contributed by atoms with E-state index in [1.54, 1.807) is 32.2 Å². The topological polar surface area (TPSA) is 94.3 Å². The van der Waals surface area contributed by atoms with Gasteiger partial charge in [0, 0.05) is 21.7 Å². The molecule has 154 valence electrons. The number of anilines is 2. The number of rotatable bonds is 5. The van der Waals surface area contributed by atoms with Crippen molar-refractivity contribution >= 4 is 53.9 Å². The van der Waals surface area contributed by atoms with Crippen molar-refractivity contribution in [3.8, 4) is 16.9 Å². The fraction of sp³-hybridized carbons (Fsp3) is 0.0952. The Balaban J connectivity index is 1.92. The monoisotopic (exact) mass is 459 g/mol. The van der Waals surface area contributed by atoms with E-state index in [4.69, 9.17) is 22.1 Å². The summed E-state index contributed by atoms with van der Waals surface area (Å²) in [4.78, 5) is 5.27. The SMILES string of the molecule is COc1cccc(-c2c(N)sc3nc(C)cc(NS(=O)(=O)c4cccc(Cl)c4)c23)c1. The van der Waals surface area contributed by atoms with Crippen molar-refractivity contribution in [1.82, 2.24) is 4.98 Å².